The number of methoxy groups -OCH3 is 1. The third kappa shape index (κ3) is 7.02. The van der Waals surface area contributed by atoms with Gasteiger partial charge in [-0.05, 0) is 104 Å². The van der Waals surface area contributed by atoms with Gasteiger partial charge in [0.15, 0.2) is 0 Å². The van der Waals surface area contributed by atoms with Crippen molar-refractivity contribution >= 4 is 5.97 Å². The number of carbonyl (C=O) groups excluding carboxylic acids is 1. The molecule has 0 bridgehead atoms. The van der Waals surface area contributed by atoms with Gasteiger partial charge in [-0.1, -0.05) is 24.6 Å². The van der Waals surface area contributed by atoms with E-state index < -0.39 is 41.5 Å². The smallest absolute Gasteiger partial charge is 0.416 e. The number of phenols is 1. The van der Waals surface area contributed by atoms with Crippen LogP contribution in [-0.2, 0) is 28.3 Å². The van der Waals surface area contributed by atoms with Crippen molar-refractivity contribution in [3.63, 3.8) is 0 Å². The lowest BCUT2D eigenvalue weighted by atomic mass is 9.82. The number of ether oxygens (including phenoxy) is 2. The highest BCUT2D eigenvalue weighted by atomic mass is 19.4. The minimum Gasteiger partial charge on any atom is -0.508 e. The number of aryl methyl sites for hydroxylation is 2. The lowest BCUT2D eigenvalue weighted by Gasteiger charge is -2.31. The Bertz CT molecular complexity index is 1460. The maximum absolute atomic E-state index is 13.7. The van der Waals surface area contributed by atoms with Crippen molar-refractivity contribution in [2.45, 2.75) is 64.9 Å². The standard InChI is InChI=1S/C32H32F6O4/c1-17-9-22(15-24(10-17)32(36,37)38)30-18(2)5-6-20(13-29(40)42-30)12-21-14-23(31(33,34)35)7-8-25(21)26-16-27(39)19(3)11-28(26)41-4/h7-11,14-16,18,20,30,39H,5-6,12-13H2,1-4H3/t18-,20?,30+/m1/s1. The molecular formula is C32H32F6O4. The first-order valence-electron chi connectivity index (χ1n) is 13.5. The fourth-order valence-electron chi connectivity index (χ4n) is 5.57. The Hall–Kier alpha value is -3.69. The molecule has 0 spiro atoms. The van der Waals surface area contributed by atoms with Crippen LogP contribution in [0, 0.1) is 25.7 Å². The van der Waals surface area contributed by atoms with Crippen molar-refractivity contribution in [2.24, 2.45) is 11.8 Å². The molecule has 1 heterocycles. The van der Waals surface area contributed by atoms with Gasteiger partial charge in [0.1, 0.15) is 17.6 Å². The highest BCUT2D eigenvalue weighted by Crippen LogP contribution is 2.42. The molecule has 1 aliphatic heterocycles. The first kappa shape index (κ1) is 31.3. The van der Waals surface area contributed by atoms with Gasteiger partial charge < -0.3 is 14.6 Å². The van der Waals surface area contributed by atoms with Crippen LogP contribution < -0.4 is 4.74 Å². The number of alkyl halides is 6. The molecule has 1 aliphatic rings. The Morgan fingerprint density at radius 3 is 2.24 bits per heavy atom. The minimum atomic E-state index is -4.60. The maximum Gasteiger partial charge on any atom is 0.416 e. The molecule has 1 fully saturated rings. The summed E-state index contributed by atoms with van der Waals surface area (Å²) in [4.78, 5) is 13.0. The van der Waals surface area contributed by atoms with E-state index in [2.05, 4.69) is 0 Å². The van der Waals surface area contributed by atoms with Gasteiger partial charge in [-0.2, -0.15) is 26.3 Å². The summed E-state index contributed by atoms with van der Waals surface area (Å²) < 4.78 is 92.6. The number of benzene rings is 3. The summed E-state index contributed by atoms with van der Waals surface area (Å²) in [7, 11) is 1.42. The molecule has 4 nitrogen and oxygen atoms in total. The highest BCUT2D eigenvalue weighted by molar-refractivity contribution is 5.76. The van der Waals surface area contributed by atoms with E-state index in [-0.39, 0.29) is 30.1 Å². The number of aromatic hydroxyl groups is 1. The quantitative estimate of drug-likeness (QED) is 0.237. The molecule has 4 rings (SSSR count). The number of hydrogen-bond acceptors (Lipinski definition) is 4. The van der Waals surface area contributed by atoms with Crippen LogP contribution in [0.4, 0.5) is 26.3 Å². The van der Waals surface area contributed by atoms with Crippen LogP contribution in [0.3, 0.4) is 0 Å². The molecule has 3 atom stereocenters. The van der Waals surface area contributed by atoms with E-state index in [1.165, 1.54) is 19.2 Å². The second kappa shape index (κ2) is 11.9. The van der Waals surface area contributed by atoms with E-state index in [0.717, 1.165) is 24.3 Å². The van der Waals surface area contributed by atoms with Gasteiger partial charge in [-0.3, -0.25) is 4.79 Å². The number of esters is 1. The Balaban J connectivity index is 1.66. The minimum absolute atomic E-state index is 0.0455. The second-order valence-electron chi connectivity index (χ2n) is 11.1. The monoisotopic (exact) mass is 594 g/mol. The summed E-state index contributed by atoms with van der Waals surface area (Å²) in [5.74, 6) is -1.04. The lowest BCUT2D eigenvalue weighted by Crippen LogP contribution is -2.25. The van der Waals surface area contributed by atoms with Gasteiger partial charge >= 0.3 is 18.3 Å². The summed E-state index contributed by atoms with van der Waals surface area (Å²) in [5.41, 5.74) is 0.662. The van der Waals surface area contributed by atoms with Crippen molar-refractivity contribution in [1.82, 2.24) is 0 Å². The molecule has 1 N–H and O–H groups in total. The molecule has 10 heteroatoms. The molecule has 0 aliphatic carbocycles. The number of phenolic OH excluding ortho intramolecular Hbond substituents is 1. The molecular weight excluding hydrogens is 562 g/mol. The van der Waals surface area contributed by atoms with Crippen molar-refractivity contribution in [1.29, 1.82) is 0 Å². The molecule has 0 aromatic heterocycles. The highest BCUT2D eigenvalue weighted by Gasteiger charge is 2.35. The van der Waals surface area contributed by atoms with E-state index in [9.17, 15) is 36.2 Å². The number of carbonyl (C=O) groups is 1. The van der Waals surface area contributed by atoms with Crippen LogP contribution in [-0.4, -0.2) is 18.2 Å². The molecule has 0 amide bonds. The SMILES string of the molecule is COc1cc(C)c(O)cc1-c1ccc(C(F)(F)F)cc1CC1CC[C@@H](C)[C@@H](c2cc(C)cc(C(F)(F)F)c2)OC(=O)C1. The second-order valence-corrected chi connectivity index (χ2v) is 11.1. The molecule has 42 heavy (non-hydrogen) atoms. The maximum atomic E-state index is 13.7. The van der Waals surface area contributed by atoms with Gasteiger partial charge in [0.05, 0.1) is 18.2 Å². The summed E-state index contributed by atoms with van der Waals surface area (Å²) in [5, 5.41) is 10.3. The fraction of sp³-hybridized carbons (Fsp3) is 0.406. The molecule has 0 radical (unpaired) electrons. The number of hydrogen-bond donors (Lipinski definition) is 1. The zero-order valence-electron chi connectivity index (χ0n) is 23.6. The average molecular weight is 595 g/mol. The summed E-state index contributed by atoms with van der Waals surface area (Å²) in [6.07, 6.45) is -9.14. The van der Waals surface area contributed by atoms with E-state index >= 15 is 0 Å². The Labute approximate surface area is 240 Å². The lowest BCUT2D eigenvalue weighted by molar-refractivity contribution is -0.155. The third-order valence-corrected chi connectivity index (χ3v) is 7.77. The van der Waals surface area contributed by atoms with Crippen LogP contribution in [0.15, 0.2) is 48.5 Å². The van der Waals surface area contributed by atoms with Crippen LogP contribution >= 0.6 is 0 Å². The largest absolute Gasteiger partial charge is 0.508 e. The topological polar surface area (TPSA) is 55.8 Å². The average Bonchev–Trinajstić information content (AvgIpc) is 2.89. The fourth-order valence-corrected chi connectivity index (χ4v) is 5.57. The summed E-state index contributed by atoms with van der Waals surface area (Å²) in [6, 6.07) is 9.98. The van der Waals surface area contributed by atoms with Crippen LogP contribution in [0.25, 0.3) is 11.1 Å². The Morgan fingerprint density at radius 2 is 1.60 bits per heavy atom. The van der Waals surface area contributed by atoms with Gasteiger partial charge in [0.25, 0.3) is 0 Å². The molecule has 226 valence electrons. The van der Waals surface area contributed by atoms with Gasteiger partial charge in [-0.15, -0.1) is 0 Å². The molecule has 0 saturated carbocycles. The Morgan fingerprint density at radius 1 is 0.905 bits per heavy atom. The van der Waals surface area contributed by atoms with E-state index in [1.807, 2.05) is 0 Å². The normalized spacial score (nSPS) is 20.0. The molecule has 1 unspecified atom stereocenters. The molecule has 1 saturated heterocycles. The number of rotatable bonds is 5. The van der Waals surface area contributed by atoms with Crippen molar-refractivity contribution in [2.75, 3.05) is 7.11 Å². The van der Waals surface area contributed by atoms with E-state index in [0.29, 0.717) is 46.4 Å². The van der Waals surface area contributed by atoms with Crippen LogP contribution in [0.5, 0.6) is 11.5 Å². The van der Waals surface area contributed by atoms with Crippen molar-refractivity contribution in [3.8, 4) is 22.6 Å². The molecule has 3 aromatic carbocycles. The first-order valence-corrected chi connectivity index (χ1v) is 13.5. The molecule has 3 aromatic rings. The van der Waals surface area contributed by atoms with Crippen molar-refractivity contribution < 1.29 is 45.7 Å². The zero-order valence-corrected chi connectivity index (χ0v) is 23.6. The van der Waals surface area contributed by atoms with Crippen LogP contribution in [0.2, 0.25) is 0 Å². The number of halogens is 6. The predicted molar refractivity (Wildman–Crippen MR) is 145 cm³/mol. The van der Waals surface area contributed by atoms with Gasteiger partial charge in [0, 0.05) is 12.0 Å². The number of cyclic esters (lactones) is 1. The zero-order chi connectivity index (χ0) is 31.0. The Kier molecular flexibility index (Phi) is 8.85. The summed E-state index contributed by atoms with van der Waals surface area (Å²) >= 11 is 0. The predicted octanol–water partition coefficient (Wildman–Crippen LogP) is 8.99. The van der Waals surface area contributed by atoms with Gasteiger partial charge in [0.2, 0.25) is 0 Å². The van der Waals surface area contributed by atoms with Crippen LogP contribution in [0.1, 0.15) is 65.7 Å². The summed E-state index contributed by atoms with van der Waals surface area (Å²) in [6.45, 7) is 5.00. The van der Waals surface area contributed by atoms with Crippen molar-refractivity contribution in [3.05, 3.63) is 81.9 Å². The van der Waals surface area contributed by atoms with E-state index in [1.54, 1.807) is 32.9 Å². The van der Waals surface area contributed by atoms with Gasteiger partial charge in [-0.25, -0.2) is 0 Å². The van der Waals surface area contributed by atoms with E-state index in [4.69, 9.17) is 9.47 Å². The third-order valence-electron chi connectivity index (χ3n) is 7.77. The first-order chi connectivity index (χ1) is 19.6.